The lowest BCUT2D eigenvalue weighted by Crippen LogP contribution is -1.90. The lowest BCUT2D eigenvalue weighted by molar-refractivity contribution is 0.102. The number of hydrogen-bond donors (Lipinski definition) is 1. The van der Waals surface area contributed by atoms with Crippen LogP contribution in [0.5, 0.6) is 11.5 Å². The molecular weight excluding hydrogens is 316 g/mol. The Hall–Kier alpha value is -2.72. The minimum absolute atomic E-state index is 0.000442. The van der Waals surface area contributed by atoms with Gasteiger partial charge in [0.2, 0.25) is 5.78 Å². The van der Waals surface area contributed by atoms with Crippen molar-refractivity contribution < 1.29 is 19.1 Å². The van der Waals surface area contributed by atoms with E-state index >= 15 is 0 Å². The summed E-state index contributed by atoms with van der Waals surface area (Å²) in [5.74, 6) is 0.536. The predicted molar refractivity (Wildman–Crippen MR) is 89.2 cm³/mol. The summed E-state index contributed by atoms with van der Waals surface area (Å²) in [6.45, 7) is 0. The maximum atomic E-state index is 12.2. The van der Waals surface area contributed by atoms with Crippen molar-refractivity contribution in [2.45, 2.75) is 0 Å². The van der Waals surface area contributed by atoms with Crippen molar-refractivity contribution in [1.82, 2.24) is 0 Å². The molecule has 0 fully saturated rings. The van der Waals surface area contributed by atoms with Crippen LogP contribution >= 0.6 is 11.6 Å². The topological polar surface area (TPSA) is 59.7 Å². The van der Waals surface area contributed by atoms with Crippen LogP contribution in [0.2, 0.25) is 5.02 Å². The summed E-state index contributed by atoms with van der Waals surface area (Å²) in [5.41, 5.74) is 1.24. The molecule has 0 aliphatic carbocycles. The smallest absolute Gasteiger partial charge is 0.221 e. The van der Waals surface area contributed by atoms with Gasteiger partial charge >= 0.3 is 0 Å². The number of aromatic hydroxyl groups is 1. The van der Waals surface area contributed by atoms with Gasteiger partial charge in [-0.1, -0.05) is 35.9 Å². The number of furan rings is 1. The van der Waals surface area contributed by atoms with E-state index in [0.717, 1.165) is 5.39 Å². The fourth-order valence-corrected chi connectivity index (χ4v) is 2.39. The molecule has 0 amide bonds. The van der Waals surface area contributed by atoms with E-state index in [0.29, 0.717) is 16.9 Å². The molecule has 0 saturated heterocycles. The molecule has 5 heteroatoms. The van der Waals surface area contributed by atoms with Crippen LogP contribution in [-0.2, 0) is 0 Å². The number of fused-ring (bicyclic) bond motifs is 1. The van der Waals surface area contributed by atoms with Crippen molar-refractivity contribution >= 4 is 34.4 Å². The number of ketones is 1. The standard InChI is InChI=1S/C18H13ClO4/c1-22-16-4-2-3-12-10-17(23-18(12)16)15(21)8-6-11-5-7-14(20)13(19)9-11/h2-10,20H,1H3. The van der Waals surface area contributed by atoms with Crippen molar-refractivity contribution in [2.24, 2.45) is 0 Å². The fourth-order valence-electron chi connectivity index (χ4n) is 2.20. The van der Waals surface area contributed by atoms with Crippen molar-refractivity contribution in [1.29, 1.82) is 0 Å². The van der Waals surface area contributed by atoms with E-state index in [9.17, 15) is 9.90 Å². The molecule has 0 saturated carbocycles. The third-order valence-electron chi connectivity index (χ3n) is 3.37. The second kappa shape index (κ2) is 6.18. The molecule has 4 nitrogen and oxygen atoms in total. The zero-order chi connectivity index (χ0) is 16.4. The van der Waals surface area contributed by atoms with Crippen LogP contribution in [0.1, 0.15) is 16.1 Å². The summed E-state index contributed by atoms with van der Waals surface area (Å²) in [4.78, 5) is 12.2. The number of carbonyl (C=O) groups is 1. The van der Waals surface area contributed by atoms with Gasteiger partial charge in [-0.05, 0) is 35.9 Å². The highest BCUT2D eigenvalue weighted by Crippen LogP contribution is 2.29. The molecule has 1 heterocycles. The van der Waals surface area contributed by atoms with Gasteiger partial charge in [-0.25, -0.2) is 0 Å². The Bertz CT molecular complexity index is 909. The van der Waals surface area contributed by atoms with Crippen LogP contribution in [0.3, 0.4) is 0 Å². The molecule has 116 valence electrons. The van der Waals surface area contributed by atoms with Crippen molar-refractivity contribution in [3.8, 4) is 11.5 Å². The number of ether oxygens (including phenoxy) is 1. The zero-order valence-electron chi connectivity index (χ0n) is 12.2. The second-order valence-corrected chi connectivity index (χ2v) is 5.30. The van der Waals surface area contributed by atoms with E-state index in [1.54, 1.807) is 37.5 Å². The molecule has 3 aromatic rings. The van der Waals surface area contributed by atoms with E-state index < -0.39 is 0 Å². The molecule has 0 unspecified atom stereocenters. The SMILES string of the molecule is COc1cccc2cc(C(=O)C=Cc3ccc(O)c(Cl)c3)oc12. The average Bonchev–Trinajstić information content (AvgIpc) is 2.99. The summed E-state index contributed by atoms with van der Waals surface area (Å²) in [7, 11) is 1.55. The molecule has 0 aliphatic heterocycles. The van der Waals surface area contributed by atoms with Gasteiger partial charge in [-0.15, -0.1) is 0 Å². The Kier molecular flexibility index (Phi) is 4.08. The van der Waals surface area contributed by atoms with Gasteiger partial charge in [-0.2, -0.15) is 0 Å². The van der Waals surface area contributed by atoms with Gasteiger partial charge in [0, 0.05) is 5.39 Å². The van der Waals surface area contributed by atoms with E-state index in [1.165, 1.54) is 12.1 Å². The maximum absolute atomic E-state index is 12.2. The van der Waals surface area contributed by atoms with Gasteiger partial charge < -0.3 is 14.3 Å². The van der Waals surface area contributed by atoms with Crippen LogP contribution in [-0.4, -0.2) is 18.0 Å². The molecule has 2 aromatic carbocycles. The highest BCUT2D eigenvalue weighted by molar-refractivity contribution is 6.32. The number of rotatable bonds is 4. The van der Waals surface area contributed by atoms with E-state index in [-0.39, 0.29) is 22.3 Å². The van der Waals surface area contributed by atoms with Crippen molar-refractivity contribution in [3.05, 3.63) is 64.9 Å². The largest absolute Gasteiger partial charge is 0.506 e. The summed E-state index contributed by atoms with van der Waals surface area (Å²) < 4.78 is 10.8. The lowest BCUT2D eigenvalue weighted by atomic mass is 10.1. The number of phenolic OH excluding ortho intramolecular Hbond substituents is 1. The van der Waals surface area contributed by atoms with E-state index in [1.807, 2.05) is 12.1 Å². The zero-order valence-corrected chi connectivity index (χ0v) is 13.0. The normalized spacial score (nSPS) is 11.2. The molecule has 1 aromatic heterocycles. The number of allylic oxidation sites excluding steroid dienone is 1. The maximum Gasteiger partial charge on any atom is 0.221 e. The molecule has 0 aliphatic rings. The molecule has 0 spiro atoms. The Labute approximate surface area is 137 Å². The van der Waals surface area contributed by atoms with E-state index in [4.69, 9.17) is 20.8 Å². The first-order chi connectivity index (χ1) is 11.1. The van der Waals surface area contributed by atoms with Gasteiger partial charge in [0.1, 0.15) is 5.75 Å². The number of phenols is 1. The first-order valence-corrected chi connectivity index (χ1v) is 7.24. The lowest BCUT2D eigenvalue weighted by Gasteiger charge is -1.98. The monoisotopic (exact) mass is 328 g/mol. The van der Waals surface area contributed by atoms with Gasteiger partial charge in [0.25, 0.3) is 0 Å². The van der Waals surface area contributed by atoms with Crippen molar-refractivity contribution in [3.63, 3.8) is 0 Å². The van der Waals surface area contributed by atoms with Gasteiger partial charge in [0.15, 0.2) is 17.1 Å². The number of methoxy groups -OCH3 is 1. The molecule has 0 atom stereocenters. The third-order valence-corrected chi connectivity index (χ3v) is 3.67. The summed E-state index contributed by atoms with van der Waals surface area (Å²) in [5, 5.41) is 10.4. The minimum Gasteiger partial charge on any atom is -0.506 e. The average molecular weight is 329 g/mol. The molecule has 3 rings (SSSR count). The van der Waals surface area contributed by atoms with E-state index in [2.05, 4.69) is 0 Å². The Balaban J connectivity index is 1.88. The number of para-hydroxylation sites is 1. The van der Waals surface area contributed by atoms with Gasteiger partial charge in [-0.3, -0.25) is 4.79 Å². The summed E-state index contributed by atoms with van der Waals surface area (Å²) in [6, 6.07) is 11.8. The number of carbonyl (C=O) groups excluding carboxylic acids is 1. The summed E-state index contributed by atoms with van der Waals surface area (Å²) >= 11 is 5.83. The quantitative estimate of drug-likeness (QED) is 0.557. The van der Waals surface area contributed by atoms with Crippen molar-refractivity contribution in [2.75, 3.05) is 7.11 Å². The van der Waals surface area contributed by atoms with Crippen LogP contribution in [0.4, 0.5) is 0 Å². The first-order valence-electron chi connectivity index (χ1n) is 6.86. The highest BCUT2D eigenvalue weighted by Gasteiger charge is 2.12. The number of halogens is 1. The predicted octanol–water partition coefficient (Wildman–Crippen LogP) is 4.70. The molecular formula is C18H13ClO4. The highest BCUT2D eigenvalue weighted by atomic mass is 35.5. The van der Waals surface area contributed by atoms with Crippen LogP contribution < -0.4 is 4.74 Å². The third kappa shape index (κ3) is 3.07. The summed E-state index contributed by atoms with van der Waals surface area (Å²) in [6.07, 6.45) is 3.00. The Morgan fingerprint density at radius 1 is 1.26 bits per heavy atom. The first kappa shape index (κ1) is 15.2. The molecule has 23 heavy (non-hydrogen) atoms. The second-order valence-electron chi connectivity index (χ2n) is 4.90. The Morgan fingerprint density at radius 3 is 2.83 bits per heavy atom. The molecule has 0 bridgehead atoms. The number of benzene rings is 2. The fraction of sp³-hybridized carbons (Fsp3) is 0.0556. The minimum atomic E-state index is -0.271. The molecule has 1 N–H and O–H groups in total. The Morgan fingerprint density at radius 2 is 2.09 bits per heavy atom. The van der Waals surface area contributed by atoms with Crippen LogP contribution in [0.15, 0.2) is 53.0 Å². The van der Waals surface area contributed by atoms with Gasteiger partial charge in [0.05, 0.1) is 12.1 Å². The number of hydrogen-bond acceptors (Lipinski definition) is 4. The van der Waals surface area contributed by atoms with Crippen LogP contribution in [0.25, 0.3) is 17.0 Å². The molecule has 0 radical (unpaired) electrons. The van der Waals surface area contributed by atoms with Crippen LogP contribution in [0, 0.1) is 0 Å².